The minimum Gasteiger partial charge on any atom is -0.494 e. The van der Waals surface area contributed by atoms with Gasteiger partial charge in [0, 0.05) is 38.4 Å². The van der Waals surface area contributed by atoms with Crippen LogP contribution >= 0.6 is 0 Å². The first-order valence-electron chi connectivity index (χ1n) is 23.7. The van der Waals surface area contributed by atoms with Gasteiger partial charge in [-0.15, -0.1) is 0 Å². The third kappa shape index (κ3) is 30.4. The van der Waals surface area contributed by atoms with E-state index in [1.54, 1.807) is 19.2 Å². The van der Waals surface area contributed by atoms with Crippen molar-refractivity contribution in [3.63, 3.8) is 0 Å². The van der Waals surface area contributed by atoms with E-state index >= 15 is 0 Å². The first-order chi connectivity index (χ1) is 32.9. The first-order valence-corrected chi connectivity index (χ1v) is 25.2. The van der Waals surface area contributed by atoms with Crippen LogP contribution in [0.15, 0.2) is 41.6 Å². The lowest BCUT2D eigenvalue weighted by Gasteiger charge is -2.11. The maximum absolute atomic E-state index is 12.9. The zero-order chi connectivity index (χ0) is 49.5. The van der Waals surface area contributed by atoms with E-state index < -0.39 is 33.9 Å². The van der Waals surface area contributed by atoms with Gasteiger partial charge in [-0.3, -0.25) is 24.0 Å². The van der Waals surface area contributed by atoms with Crippen molar-refractivity contribution in [1.29, 1.82) is 0 Å². The van der Waals surface area contributed by atoms with Crippen molar-refractivity contribution in [2.24, 2.45) is 0 Å². The van der Waals surface area contributed by atoms with E-state index in [1.165, 1.54) is 69.5 Å². The molecule has 1 heterocycles. The molecule has 21 nitrogen and oxygen atoms in total. The van der Waals surface area contributed by atoms with Gasteiger partial charge in [0.1, 0.15) is 25.0 Å². The molecule has 68 heavy (non-hydrogen) atoms. The van der Waals surface area contributed by atoms with Crippen LogP contribution in [-0.2, 0) is 48.1 Å². The second-order valence-electron chi connectivity index (χ2n) is 15.9. The fourth-order valence-electron chi connectivity index (χ4n) is 6.47. The molecule has 0 saturated heterocycles. The van der Waals surface area contributed by atoms with Crippen molar-refractivity contribution < 1.29 is 66.3 Å². The monoisotopic (exact) mass is 982 g/mol. The summed E-state index contributed by atoms with van der Waals surface area (Å²) in [6, 6.07) is 5.49. The molecular formula is C46H75N7O14S. The smallest absolute Gasteiger partial charge is 0.320 e. The molecule has 1 atom stereocenters. The number of benzene rings is 1. The van der Waals surface area contributed by atoms with Gasteiger partial charge >= 0.3 is 11.9 Å². The summed E-state index contributed by atoms with van der Waals surface area (Å²) in [6.45, 7) is 2.31. The molecule has 0 saturated carbocycles. The Bertz CT molecular complexity index is 1810. The highest BCUT2D eigenvalue weighted by molar-refractivity contribution is 7.92. The number of aliphatic carboxylic acids is 2. The van der Waals surface area contributed by atoms with E-state index in [2.05, 4.69) is 36.0 Å². The molecular weight excluding hydrogens is 907 g/mol. The zero-order valence-corrected chi connectivity index (χ0v) is 40.5. The summed E-state index contributed by atoms with van der Waals surface area (Å²) < 4.78 is 55.3. The third-order valence-corrected chi connectivity index (χ3v) is 11.6. The molecule has 1 aromatic heterocycles. The average Bonchev–Trinajstić information content (AvgIpc) is 3.31. The number of nitrogens with zero attached hydrogens (tertiary/aromatic N) is 2. The van der Waals surface area contributed by atoms with E-state index in [1.807, 2.05) is 0 Å². The lowest BCUT2D eigenvalue weighted by molar-refractivity contribution is -0.139. The van der Waals surface area contributed by atoms with Crippen LogP contribution < -0.4 is 30.7 Å². The number of sulfonamides is 1. The molecule has 0 bridgehead atoms. The Hall–Kier alpha value is -5.00. The molecule has 0 radical (unpaired) electrons. The SMILES string of the molecule is CN[C@@H](CCCCNC(=O)COCCOCCNC(=O)COCCOCCNC(=O)c1cnc(NS(=O)(=O)c2ccc(OCCCCCCCCCCCCCCCC(=O)O)cc2)nc1)C(=O)O. The molecule has 3 amide bonds. The highest BCUT2D eigenvalue weighted by Gasteiger charge is 2.17. The van der Waals surface area contributed by atoms with Crippen molar-refractivity contribution in [3.05, 3.63) is 42.2 Å². The molecule has 384 valence electrons. The Morgan fingerprint density at radius 3 is 1.62 bits per heavy atom. The maximum Gasteiger partial charge on any atom is 0.320 e. The second kappa shape index (κ2) is 37.9. The molecule has 0 spiro atoms. The first kappa shape index (κ1) is 59.1. The van der Waals surface area contributed by atoms with Gasteiger partial charge in [0.2, 0.25) is 17.8 Å². The van der Waals surface area contributed by atoms with Crippen LogP contribution in [0.3, 0.4) is 0 Å². The number of carbonyl (C=O) groups excluding carboxylic acids is 3. The van der Waals surface area contributed by atoms with E-state index in [4.69, 9.17) is 33.9 Å². The average molecular weight is 982 g/mol. The van der Waals surface area contributed by atoms with E-state index in [0.29, 0.717) is 38.2 Å². The van der Waals surface area contributed by atoms with Gasteiger partial charge in [0.15, 0.2) is 0 Å². The number of amides is 3. The highest BCUT2D eigenvalue weighted by Crippen LogP contribution is 2.19. The third-order valence-electron chi connectivity index (χ3n) is 10.3. The predicted octanol–water partition coefficient (Wildman–Crippen LogP) is 4.07. The topological polar surface area (TPSA) is 292 Å². The number of carboxylic acid groups (broad SMARTS) is 2. The lowest BCUT2D eigenvalue weighted by atomic mass is 10.0. The quantitative estimate of drug-likeness (QED) is 0.0461. The Morgan fingerprint density at radius 2 is 1.09 bits per heavy atom. The molecule has 1 aromatic carbocycles. The number of likely N-dealkylation sites (N-methyl/N-ethyl adjacent to an activating group) is 1. The molecule has 0 unspecified atom stereocenters. The van der Waals surface area contributed by atoms with Gasteiger partial charge in [0.05, 0.1) is 56.7 Å². The van der Waals surface area contributed by atoms with Crippen LogP contribution in [0.2, 0.25) is 0 Å². The number of hydrogen-bond donors (Lipinski definition) is 7. The molecule has 2 aromatic rings. The van der Waals surface area contributed by atoms with Crippen LogP contribution in [0.4, 0.5) is 5.95 Å². The fourth-order valence-corrected chi connectivity index (χ4v) is 7.43. The van der Waals surface area contributed by atoms with Crippen LogP contribution in [0, 0.1) is 0 Å². The molecule has 22 heteroatoms. The predicted molar refractivity (Wildman–Crippen MR) is 253 cm³/mol. The highest BCUT2D eigenvalue weighted by atomic mass is 32.2. The van der Waals surface area contributed by atoms with E-state index in [-0.39, 0.29) is 101 Å². The standard InChI is InChI=1S/C46H75N7O14S/c1-47-40(45(59)60)17-14-15-23-48-41(54)35-65-31-29-63-27-24-49-42(55)36-66-32-30-64-28-25-50-44(58)37-33-51-46(52-34-37)53-68(61,62)39-21-19-38(20-22-39)67-26-16-12-10-8-6-4-2-3-5-7-9-11-13-18-43(56)57/h19-22,33-34,40,47H,2-18,23-32,35-36H2,1H3,(H,48,54)(H,49,55)(H,50,58)(H,56,57)(H,59,60)(H,51,52,53)/t40-/m0/s1. The van der Waals surface area contributed by atoms with Crippen molar-refractivity contribution >= 4 is 45.6 Å². The van der Waals surface area contributed by atoms with Crippen molar-refractivity contribution in [1.82, 2.24) is 31.2 Å². The summed E-state index contributed by atoms with van der Waals surface area (Å²) in [5.74, 6) is -2.31. The number of carboxylic acids is 2. The molecule has 2 rings (SSSR count). The molecule has 7 N–H and O–H groups in total. The molecule has 0 aliphatic carbocycles. The number of unbranched alkanes of at least 4 members (excludes halogenated alkanes) is 13. The number of nitrogens with one attached hydrogen (secondary N) is 5. The van der Waals surface area contributed by atoms with Crippen LogP contribution in [-0.4, -0.2) is 150 Å². The van der Waals surface area contributed by atoms with Crippen LogP contribution in [0.25, 0.3) is 0 Å². The summed E-state index contributed by atoms with van der Waals surface area (Å²) in [7, 11) is -2.40. The van der Waals surface area contributed by atoms with E-state index in [0.717, 1.165) is 38.5 Å². The number of aromatic nitrogens is 2. The Morgan fingerprint density at radius 1 is 0.588 bits per heavy atom. The number of hydrogen-bond acceptors (Lipinski definition) is 15. The van der Waals surface area contributed by atoms with Gasteiger partial charge in [-0.2, -0.15) is 0 Å². The maximum atomic E-state index is 12.9. The summed E-state index contributed by atoms with van der Waals surface area (Å²) >= 11 is 0. The zero-order valence-electron chi connectivity index (χ0n) is 39.6. The van der Waals surface area contributed by atoms with Crippen LogP contribution in [0.5, 0.6) is 5.75 Å². The second-order valence-corrected chi connectivity index (χ2v) is 17.6. The fraction of sp³-hybridized carbons (Fsp3) is 0.674. The molecule has 0 fully saturated rings. The molecule has 0 aliphatic heterocycles. The summed E-state index contributed by atoms with van der Waals surface area (Å²) in [5, 5.41) is 28.4. The van der Waals surface area contributed by atoms with Crippen molar-refractivity contribution in [3.8, 4) is 5.75 Å². The van der Waals surface area contributed by atoms with E-state index in [9.17, 15) is 32.4 Å². The number of carbonyl (C=O) groups is 5. The van der Waals surface area contributed by atoms with Gasteiger partial charge in [-0.1, -0.05) is 70.6 Å². The Labute approximate surface area is 401 Å². The Balaban J connectivity index is 1.43. The normalized spacial score (nSPS) is 11.7. The minimum atomic E-state index is -3.99. The van der Waals surface area contributed by atoms with Gasteiger partial charge in [0.25, 0.3) is 15.9 Å². The summed E-state index contributed by atoms with van der Waals surface area (Å²) in [4.78, 5) is 65.7. The number of anilines is 1. The largest absolute Gasteiger partial charge is 0.494 e. The summed E-state index contributed by atoms with van der Waals surface area (Å²) in [5.41, 5.74) is 0.122. The van der Waals surface area contributed by atoms with Crippen molar-refractivity contribution in [2.45, 2.75) is 120 Å². The summed E-state index contributed by atoms with van der Waals surface area (Å²) in [6.07, 6.45) is 19.1. The van der Waals surface area contributed by atoms with Crippen molar-refractivity contribution in [2.75, 3.05) is 90.9 Å². The van der Waals surface area contributed by atoms with Gasteiger partial charge < -0.3 is 55.2 Å². The Kier molecular flexibility index (Phi) is 33.0. The lowest BCUT2D eigenvalue weighted by Crippen LogP contribution is -2.34. The van der Waals surface area contributed by atoms with Gasteiger partial charge in [-0.25, -0.2) is 23.1 Å². The minimum absolute atomic E-state index is 0.00642. The van der Waals surface area contributed by atoms with Crippen LogP contribution in [0.1, 0.15) is 120 Å². The number of rotatable bonds is 44. The van der Waals surface area contributed by atoms with Gasteiger partial charge in [-0.05, 0) is 63.4 Å². The molecule has 0 aliphatic rings. The number of ether oxygens (including phenoxy) is 5.